The van der Waals surface area contributed by atoms with E-state index in [-0.39, 0.29) is 18.6 Å². The second-order valence-electron chi connectivity index (χ2n) is 6.35. The van der Waals surface area contributed by atoms with Crippen molar-refractivity contribution >= 4 is 5.91 Å². The minimum absolute atomic E-state index is 0.117. The van der Waals surface area contributed by atoms with E-state index in [1.165, 1.54) is 0 Å². The topological polar surface area (TPSA) is 67.2 Å². The molecule has 0 unspecified atom stereocenters. The molecule has 0 atom stereocenters. The number of carbonyl (C=O) groups excluding carboxylic acids is 1. The molecule has 1 aliphatic carbocycles. The third-order valence-electron chi connectivity index (χ3n) is 4.31. The van der Waals surface area contributed by atoms with Crippen molar-refractivity contribution in [3.8, 4) is 0 Å². The summed E-state index contributed by atoms with van der Waals surface area (Å²) in [7, 11) is 0. The highest BCUT2D eigenvalue weighted by Crippen LogP contribution is 2.23. The average molecular weight is 293 g/mol. The molecule has 2 rings (SSSR count). The van der Waals surface area contributed by atoms with E-state index in [4.69, 9.17) is 5.11 Å². The smallest absolute Gasteiger partial charge is 0.222 e. The van der Waals surface area contributed by atoms with Gasteiger partial charge in [0.2, 0.25) is 5.91 Å². The van der Waals surface area contributed by atoms with E-state index in [1.807, 2.05) is 6.20 Å². The first-order chi connectivity index (χ1) is 10.1. The molecule has 1 amide bonds. The Morgan fingerprint density at radius 1 is 1.43 bits per heavy atom. The number of amides is 1. The fraction of sp³-hybridized carbons (Fsp3) is 0.750. The molecule has 0 aromatic carbocycles. The van der Waals surface area contributed by atoms with E-state index in [1.54, 1.807) is 6.20 Å². The number of nitrogens with zero attached hydrogens (tertiary/aromatic N) is 2. The minimum atomic E-state index is 0.117. The molecule has 1 fully saturated rings. The molecule has 1 aromatic rings. The van der Waals surface area contributed by atoms with Crippen molar-refractivity contribution in [2.24, 2.45) is 5.92 Å². The number of nitrogens with one attached hydrogen (secondary N) is 1. The molecule has 1 aromatic heterocycles. The number of aliphatic hydroxyl groups is 1. The summed E-state index contributed by atoms with van der Waals surface area (Å²) in [6.45, 7) is 5.18. The van der Waals surface area contributed by atoms with E-state index in [9.17, 15) is 4.79 Å². The number of hydrogen-bond donors (Lipinski definition) is 2. The van der Waals surface area contributed by atoms with Crippen LogP contribution in [0.3, 0.4) is 0 Å². The van der Waals surface area contributed by atoms with Gasteiger partial charge in [-0.15, -0.1) is 0 Å². The Morgan fingerprint density at radius 2 is 2.14 bits per heavy atom. The molecule has 5 heteroatoms. The van der Waals surface area contributed by atoms with E-state index in [0.717, 1.165) is 31.5 Å². The second-order valence-corrected chi connectivity index (χ2v) is 6.35. The Morgan fingerprint density at radius 3 is 2.76 bits per heavy atom. The first-order valence-electron chi connectivity index (χ1n) is 8.01. The van der Waals surface area contributed by atoms with Gasteiger partial charge in [-0.2, -0.15) is 0 Å². The fourth-order valence-corrected chi connectivity index (χ4v) is 3.02. The van der Waals surface area contributed by atoms with Crippen LogP contribution in [0.4, 0.5) is 0 Å². The Kier molecular flexibility index (Phi) is 5.79. The highest BCUT2D eigenvalue weighted by atomic mass is 16.3. The SMILES string of the molecule is CC(C)c1nccn1CCC(=O)NC1CCC(CO)CC1. The maximum atomic E-state index is 12.0. The average Bonchev–Trinajstić information content (AvgIpc) is 2.94. The number of rotatable bonds is 6. The Hall–Kier alpha value is -1.36. The van der Waals surface area contributed by atoms with Gasteiger partial charge in [-0.25, -0.2) is 4.98 Å². The summed E-state index contributed by atoms with van der Waals surface area (Å²) in [6.07, 6.45) is 8.23. The van der Waals surface area contributed by atoms with Crippen LogP contribution in [0.25, 0.3) is 0 Å². The summed E-state index contributed by atoms with van der Waals surface area (Å²) >= 11 is 0. The Balaban J connectivity index is 1.74. The van der Waals surface area contributed by atoms with Crippen LogP contribution in [0.15, 0.2) is 12.4 Å². The van der Waals surface area contributed by atoms with Crippen LogP contribution in [0.2, 0.25) is 0 Å². The molecule has 0 spiro atoms. The Bertz CT molecular complexity index is 448. The van der Waals surface area contributed by atoms with Gasteiger partial charge in [-0.1, -0.05) is 13.8 Å². The maximum absolute atomic E-state index is 12.0. The van der Waals surface area contributed by atoms with Crippen molar-refractivity contribution < 1.29 is 9.90 Å². The van der Waals surface area contributed by atoms with E-state index < -0.39 is 0 Å². The van der Waals surface area contributed by atoms with Gasteiger partial charge < -0.3 is 15.0 Å². The molecule has 1 saturated carbocycles. The summed E-state index contributed by atoms with van der Waals surface area (Å²) in [5.74, 6) is 1.95. The standard InChI is InChI=1S/C16H27N3O2/c1-12(2)16-17-8-10-19(16)9-7-15(21)18-14-5-3-13(11-20)4-6-14/h8,10,12-14,20H,3-7,9,11H2,1-2H3,(H,18,21). The zero-order chi connectivity index (χ0) is 15.2. The van der Waals surface area contributed by atoms with Gasteiger partial charge in [-0.3, -0.25) is 4.79 Å². The van der Waals surface area contributed by atoms with Gasteiger partial charge >= 0.3 is 0 Å². The van der Waals surface area contributed by atoms with Crippen molar-refractivity contribution in [3.63, 3.8) is 0 Å². The predicted octanol–water partition coefficient (Wildman–Crippen LogP) is 2.06. The second kappa shape index (κ2) is 7.59. The quantitative estimate of drug-likeness (QED) is 0.843. The number of imidazole rings is 1. The lowest BCUT2D eigenvalue weighted by Crippen LogP contribution is -2.38. The monoisotopic (exact) mass is 293 g/mol. The van der Waals surface area contributed by atoms with E-state index in [0.29, 0.717) is 24.8 Å². The van der Waals surface area contributed by atoms with Crippen molar-refractivity contribution in [3.05, 3.63) is 18.2 Å². The third-order valence-corrected chi connectivity index (χ3v) is 4.31. The molecular formula is C16H27N3O2. The van der Waals surface area contributed by atoms with Crippen LogP contribution in [-0.4, -0.2) is 33.2 Å². The van der Waals surface area contributed by atoms with Gasteiger partial charge in [-0.05, 0) is 31.6 Å². The molecule has 2 N–H and O–H groups in total. The van der Waals surface area contributed by atoms with Gasteiger partial charge in [0.05, 0.1) is 0 Å². The van der Waals surface area contributed by atoms with Gasteiger partial charge in [0.1, 0.15) is 5.82 Å². The molecule has 0 aliphatic heterocycles. The molecule has 21 heavy (non-hydrogen) atoms. The zero-order valence-electron chi connectivity index (χ0n) is 13.1. The van der Waals surface area contributed by atoms with E-state index >= 15 is 0 Å². The maximum Gasteiger partial charge on any atom is 0.222 e. The van der Waals surface area contributed by atoms with Gasteiger partial charge in [0, 0.05) is 43.9 Å². The van der Waals surface area contributed by atoms with Crippen molar-refractivity contribution in [1.82, 2.24) is 14.9 Å². The summed E-state index contributed by atoms with van der Waals surface area (Å²) in [5.41, 5.74) is 0. The van der Waals surface area contributed by atoms with Gasteiger partial charge in [0.15, 0.2) is 0 Å². The summed E-state index contributed by atoms with van der Waals surface area (Å²) in [5, 5.41) is 12.2. The van der Waals surface area contributed by atoms with Crippen LogP contribution in [0, 0.1) is 5.92 Å². The normalized spacial score (nSPS) is 22.5. The first-order valence-corrected chi connectivity index (χ1v) is 8.01. The van der Waals surface area contributed by atoms with Crippen LogP contribution in [-0.2, 0) is 11.3 Å². The molecule has 1 heterocycles. The summed E-state index contributed by atoms with van der Waals surface area (Å²) in [6, 6.07) is 0.285. The van der Waals surface area contributed by atoms with E-state index in [2.05, 4.69) is 28.7 Å². The van der Waals surface area contributed by atoms with Crippen LogP contribution >= 0.6 is 0 Å². The molecule has 0 radical (unpaired) electrons. The summed E-state index contributed by atoms with van der Waals surface area (Å²) in [4.78, 5) is 16.4. The molecule has 5 nitrogen and oxygen atoms in total. The molecule has 118 valence electrons. The zero-order valence-corrected chi connectivity index (χ0v) is 13.1. The number of hydrogen-bond acceptors (Lipinski definition) is 3. The molecule has 0 bridgehead atoms. The minimum Gasteiger partial charge on any atom is -0.396 e. The van der Waals surface area contributed by atoms with Gasteiger partial charge in [0.25, 0.3) is 0 Å². The first kappa shape index (κ1) is 16.0. The largest absolute Gasteiger partial charge is 0.396 e. The van der Waals surface area contributed by atoms with Crippen molar-refractivity contribution in [1.29, 1.82) is 0 Å². The van der Waals surface area contributed by atoms with Crippen LogP contribution in [0.5, 0.6) is 0 Å². The van der Waals surface area contributed by atoms with Crippen LogP contribution < -0.4 is 5.32 Å². The number of carbonyl (C=O) groups is 1. The Labute approximate surface area is 126 Å². The number of aryl methyl sites for hydroxylation is 1. The van der Waals surface area contributed by atoms with Crippen LogP contribution in [0.1, 0.15) is 57.7 Å². The molecule has 0 saturated heterocycles. The third kappa shape index (κ3) is 4.56. The molecule has 1 aliphatic rings. The lowest BCUT2D eigenvalue weighted by atomic mass is 9.86. The number of aromatic nitrogens is 2. The van der Waals surface area contributed by atoms with Crippen molar-refractivity contribution in [2.45, 2.75) is 64.5 Å². The molecular weight excluding hydrogens is 266 g/mol. The summed E-state index contributed by atoms with van der Waals surface area (Å²) < 4.78 is 2.06. The lowest BCUT2D eigenvalue weighted by molar-refractivity contribution is -0.122. The fourth-order valence-electron chi connectivity index (χ4n) is 3.02. The van der Waals surface area contributed by atoms with Crippen molar-refractivity contribution in [2.75, 3.05) is 6.61 Å². The highest BCUT2D eigenvalue weighted by molar-refractivity contribution is 5.76. The lowest BCUT2D eigenvalue weighted by Gasteiger charge is -2.28. The highest BCUT2D eigenvalue weighted by Gasteiger charge is 2.21. The number of aliphatic hydroxyl groups excluding tert-OH is 1. The predicted molar refractivity (Wildman–Crippen MR) is 81.9 cm³/mol.